The minimum atomic E-state index is 0.00198. The maximum Gasteiger partial charge on any atom is 0.253 e. The van der Waals surface area contributed by atoms with Crippen molar-refractivity contribution in [1.29, 1.82) is 0 Å². The highest BCUT2D eigenvalue weighted by molar-refractivity contribution is 6.09. The molecule has 0 aliphatic heterocycles. The van der Waals surface area contributed by atoms with Crippen LogP contribution in [0.25, 0.3) is 21.8 Å². The van der Waals surface area contributed by atoms with Crippen molar-refractivity contribution in [2.75, 3.05) is 46.7 Å². The number of amides is 1. The Balaban J connectivity index is 1.58. The second-order valence-corrected chi connectivity index (χ2v) is 7.73. The molecule has 1 amide bonds. The van der Waals surface area contributed by atoms with E-state index in [1.54, 1.807) is 18.2 Å². The quantitative estimate of drug-likeness (QED) is 0.478. The van der Waals surface area contributed by atoms with Crippen LogP contribution in [-0.4, -0.2) is 72.2 Å². The number of ether oxygens (including phenoxy) is 1. The zero-order valence-corrected chi connectivity index (χ0v) is 18.1. The van der Waals surface area contributed by atoms with Gasteiger partial charge in [-0.3, -0.25) is 9.89 Å². The van der Waals surface area contributed by atoms with Crippen molar-refractivity contribution < 1.29 is 9.53 Å². The van der Waals surface area contributed by atoms with Crippen LogP contribution in [0.5, 0.6) is 5.75 Å². The minimum Gasteiger partial charge on any atom is -0.497 e. The van der Waals surface area contributed by atoms with Gasteiger partial charge in [0.05, 0.1) is 18.8 Å². The Morgan fingerprint density at radius 1 is 1.06 bits per heavy atom. The zero-order chi connectivity index (χ0) is 22.0. The molecule has 4 rings (SSSR count). The van der Waals surface area contributed by atoms with Gasteiger partial charge in [0.2, 0.25) is 0 Å². The molecule has 0 unspecified atom stereocenters. The standard InChI is InChI=1S/C23H26N6O2/c1-28(2)11-12-29(3)23(30)15-5-7-16(8-6-15)25-22-21-19(14-24-27-21)18-13-17(31-4)9-10-20(18)26-22/h5-10,13-14H,11-12H2,1-4H3,(H,24,27)(H,25,26). The van der Waals surface area contributed by atoms with Gasteiger partial charge >= 0.3 is 0 Å². The van der Waals surface area contributed by atoms with E-state index in [0.29, 0.717) is 17.9 Å². The van der Waals surface area contributed by atoms with E-state index in [4.69, 9.17) is 9.72 Å². The van der Waals surface area contributed by atoms with Gasteiger partial charge in [-0.15, -0.1) is 0 Å². The third-order valence-corrected chi connectivity index (χ3v) is 5.23. The Bertz CT molecular complexity index is 1220. The SMILES string of the molecule is COc1ccc2nc(Nc3ccc(C(=O)N(C)CCN(C)C)cc3)c3[nH]ncc3c2c1. The van der Waals surface area contributed by atoms with Crippen molar-refractivity contribution in [1.82, 2.24) is 25.0 Å². The first-order valence-electron chi connectivity index (χ1n) is 10.0. The maximum absolute atomic E-state index is 12.6. The van der Waals surface area contributed by atoms with Crippen molar-refractivity contribution in [2.45, 2.75) is 0 Å². The number of hydrogen-bond donors (Lipinski definition) is 2. The van der Waals surface area contributed by atoms with Crippen LogP contribution < -0.4 is 10.1 Å². The number of nitrogens with zero attached hydrogens (tertiary/aromatic N) is 4. The molecule has 2 heterocycles. The number of carbonyl (C=O) groups is 1. The molecule has 0 saturated heterocycles. The summed E-state index contributed by atoms with van der Waals surface area (Å²) in [6, 6.07) is 13.2. The van der Waals surface area contributed by atoms with Crippen LogP contribution in [0.3, 0.4) is 0 Å². The molecular formula is C23H26N6O2. The molecule has 160 valence electrons. The number of methoxy groups -OCH3 is 1. The highest BCUT2D eigenvalue weighted by atomic mass is 16.5. The maximum atomic E-state index is 12.6. The van der Waals surface area contributed by atoms with Gasteiger partial charge in [0.1, 0.15) is 11.3 Å². The number of hydrogen-bond acceptors (Lipinski definition) is 6. The smallest absolute Gasteiger partial charge is 0.253 e. The summed E-state index contributed by atoms with van der Waals surface area (Å²) in [5, 5.41) is 12.5. The number of H-pyrrole nitrogens is 1. The van der Waals surface area contributed by atoms with Crippen LogP contribution >= 0.6 is 0 Å². The second-order valence-electron chi connectivity index (χ2n) is 7.73. The van der Waals surface area contributed by atoms with Gasteiger partial charge in [0.25, 0.3) is 5.91 Å². The number of nitrogens with one attached hydrogen (secondary N) is 2. The van der Waals surface area contributed by atoms with Gasteiger partial charge in [-0.25, -0.2) is 4.98 Å². The van der Waals surface area contributed by atoms with Crippen LogP contribution in [0.1, 0.15) is 10.4 Å². The van der Waals surface area contributed by atoms with Gasteiger partial charge in [-0.05, 0) is 56.6 Å². The molecule has 0 aliphatic rings. The second kappa shape index (κ2) is 8.61. The number of fused-ring (bicyclic) bond motifs is 3. The van der Waals surface area contributed by atoms with E-state index < -0.39 is 0 Å². The summed E-state index contributed by atoms with van der Waals surface area (Å²) in [5.74, 6) is 1.45. The molecular weight excluding hydrogens is 392 g/mol. The van der Waals surface area contributed by atoms with E-state index in [2.05, 4.69) is 20.4 Å². The summed E-state index contributed by atoms with van der Waals surface area (Å²) < 4.78 is 5.34. The van der Waals surface area contributed by atoms with Crippen molar-refractivity contribution in [3.05, 3.63) is 54.2 Å². The number of carbonyl (C=O) groups excluding carboxylic acids is 1. The number of pyridine rings is 1. The molecule has 8 nitrogen and oxygen atoms in total. The molecule has 0 atom stereocenters. The summed E-state index contributed by atoms with van der Waals surface area (Å²) in [4.78, 5) is 21.2. The number of aromatic nitrogens is 3. The molecule has 4 aromatic rings. The van der Waals surface area contributed by atoms with E-state index in [1.165, 1.54) is 0 Å². The highest BCUT2D eigenvalue weighted by Gasteiger charge is 2.14. The molecule has 2 N–H and O–H groups in total. The van der Waals surface area contributed by atoms with Crippen molar-refractivity contribution in [3.8, 4) is 5.75 Å². The van der Waals surface area contributed by atoms with E-state index in [0.717, 1.165) is 39.8 Å². The van der Waals surface area contributed by atoms with Crippen LogP contribution in [0.2, 0.25) is 0 Å². The fraction of sp³-hybridized carbons (Fsp3) is 0.261. The van der Waals surface area contributed by atoms with Gasteiger partial charge in [0.15, 0.2) is 5.82 Å². The lowest BCUT2D eigenvalue weighted by molar-refractivity contribution is 0.0786. The molecule has 0 radical (unpaired) electrons. The van der Waals surface area contributed by atoms with E-state index in [-0.39, 0.29) is 5.91 Å². The van der Waals surface area contributed by atoms with Gasteiger partial charge in [0, 0.05) is 42.2 Å². The van der Waals surface area contributed by atoms with Crippen molar-refractivity contribution in [2.24, 2.45) is 0 Å². The minimum absolute atomic E-state index is 0.00198. The molecule has 0 aliphatic carbocycles. The number of aromatic amines is 1. The number of anilines is 2. The first kappa shape index (κ1) is 20.6. The molecule has 8 heteroatoms. The molecule has 2 aromatic carbocycles. The van der Waals surface area contributed by atoms with Gasteiger partial charge in [-0.1, -0.05) is 0 Å². The van der Waals surface area contributed by atoms with Crippen LogP contribution in [0.15, 0.2) is 48.7 Å². The molecule has 2 aromatic heterocycles. The van der Waals surface area contributed by atoms with E-state index >= 15 is 0 Å². The summed E-state index contributed by atoms with van der Waals surface area (Å²) >= 11 is 0. The molecule has 0 fully saturated rings. The number of benzene rings is 2. The predicted octanol–water partition coefficient (Wildman–Crippen LogP) is 3.50. The van der Waals surface area contributed by atoms with E-state index in [1.807, 2.05) is 63.6 Å². The molecule has 0 spiro atoms. The fourth-order valence-electron chi connectivity index (χ4n) is 3.40. The normalized spacial score (nSPS) is 11.3. The summed E-state index contributed by atoms with van der Waals surface area (Å²) in [5.41, 5.74) is 3.14. The zero-order valence-electron chi connectivity index (χ0n) is 18.1. The van der Waals surface area contributed by atoms with Crippen LogP contribution in [0, 0.1) is 0 Å². The Hall–Kier alpha value is -3.65. The summed E-state index contributed by atoms with van der Waals surface area (Å²) in [6.45, 7) is 1.50. The van der Waals surface area contributed by atoms with E-state index in [9.17, 15) is 4.79 Å². The Morgan fingerprint density at radius 3 is 2.55 bits per heavy atom. The molecule has 0 bridgehead atoms. The molecule has 31 heavy (non-hydrogen) atoms. The topological polar surface area (TPSA) is 86.4 Å². The fourth-order valence-corrected chi connectivity index (χ4v) is 3.40. The van der Waals surface area contributed by atoms with Crippen LogP contribution in [0.4, 0.5) is 11.5 Å². The third-order valence-electron chi connectivity index (χ3n) is 5.23. The van der Waals surface area contributed by atoms with Gasteiger partial charge in [-0.2, -0.15) is 5.10 Å². The highest BCUT2D eigenvalue weighted by Crippen LogP contribution is 2.31. The van der Waals surface area contributed by atoms with Crippen LogP contribution in [-0.2, 0) is 0 Å². The lowest BCUT2D eigenvalue weighted by atomic mass is 10.1. The lowest BCUT2D eigenvalue weighted by Gasteiger charge is -2.19. The monoisotopic (exact) mass is 418 g/mol. The Labute approximate surface area is 180 Å². The number of likely N-dealkylation sites (N-methyl/N-ethyl adjacent to an activating group) is 2. The summed E-state index contributed by atoms with van der Waals surface area (Å²) in [6.07, 6.45) is 1.79. The Morgan fingerprint density at radius 2 is 1.84 bits per heavy atom. The Kier molecular flexibility index (Phi) is 5.73. The number of rotatable bonds is 7. The van der Waals surface area contributed by atoms with Crippen molar-refractivity contribution >= 4 is 39.2 Å². The lowest BCUT2D eigenvalue weighted by Crippen LogP contribution is -2.33. The first-order valence-corrected chi connectivity index (χ1v) is 10.0. The first-order chi connectivity index (χ1) is 15.0. The molecule has 0 saturated carbocycles. The average Bonchev–Trinajstić information content (AvgIpc) is 3.28. The largest absolute Gasteiger partial charge is 0.497 e. The average molecular weight is 419 g/mol. The van der Waals surface area contributed by atoms with Crippen molar-refractivity contribution in [3.63, 3.8) is 0 Å². The van der Waals surface area contributed by atoms with Gasteiger partial charge < -0.3 is 19.9 Å². The third kappa shape index (κ3) is 4.29. The summed E-state index contributed by atoms with van der Waals surface area (Å²) in [7, 11) is 7.45. The predicted molar refractivity (Wildman–Crippen MR) is 123 cm³/mol.